The Balaban J connectivity index is 1.38. The summed E-state index contributed by atoms with van der Waals surface area (Å²) in [5.74, 6) is -0.395. The Labute approximate surface area is 218 Å². The molecule has 37 heavy (non-hydrogen) atoms. The van der Waals surface area contributed by atoms with E-state index in [1.165, 1.54) is 12.1 Å². The first-order valence-electron chi connectivity index (χ1n) is 11.5. The van der Waals surface area contributed by atoms with Crippen LogP contribution in [-0.4, -0.2) is 18.9 Å². The molecule has 7 nitrogen and oxygen atoms in total. The number of anilines is 1. The summed E-state index contributed by atoms with van der Waals surface area (Å²) in [6.45, 7) is 0.714. The van der Waals surface area contributed by atoms with Crippen molar-refractivity contribution in [1.82, 2.24) is 9.88 Å². The fourth-order valence-electron chi connectivity index (χ4n) is 3.98. The Morgan fingerprint density at radius 2 is 1.46 bits per heavy atom. The number of sulfonamides is 1. The molecule has 0 unspecified atom stereocenters. The van der Waals surface area contributed by atoms with Crippen molar-refractivity contribution in [3.05, 3.63) is 129 Å². The highest BCUT2D eigenvalue weighted by atomic mass is 32.2. The predicted molar refractivity (Wildman–Crippen MR) is 146 cm³/mol. The highest BCUT2D eigenvalue weighted by molar-refractivity contribution is 7.92. The van der Waals surface area contributed by atoms with E-state index in [0.29, 0.717) is 23.3 Å². The van der Waals surface area contributed by atoms with Gasteiger partial charge in [0, 0.05) is 6.54 Å². The van der Waals surface area contributed by atoms with Crippen molar-refractivity contribution in [3.8, 4) is 0 Å². The molecule has 186 valence electrons. The summed E-state index contributed by atoms with van der Waals surface area (Å²) in [6.07, 6.45) is 0. The molecule has 5 aromatic rings. The zero-order valence-corrected chi connectivity index (χ0v) is 21.3. The van der Waals surface area contributed by atoms with E-state index in [9.17, 15) is 18.0 Å². The van der Waals surface area contributed by atoms with Gasteiger partial charge in [0.25, 0.3) is 15.9 Å². The van der Waals surface area contributed by atoms with Gasteiger partial charge in [-0.3, -0.25) is 18.9 Å². The highest BCUT2D eigenvalue weighted by Gasteiger charge is 2.20. The maximum Gasteiger partial charge on any atom is 0.308 e. The van der Waals surface area contributed by atoms with Crippen LogP contribution in [0.4, 0.5) is 5.69 Å². The molecule has 0 aliphatic heterocycles. The second-order valence-electron chi connectivity index (χ2n) is 8.39. The number of rotatable bonds is 8. The van der Waals surface area contributed by atoms with Crippen LogP contribution in [0.3, 0.4) is 0 Å². The molecular weight excluding hydrogens is 506 g/mol. The van der Waals surface area contributed by atoms with Crippen LogP contribution in [0.25, 0.3) is 10.2 Å². The monoisotopic (exact) mass is 529 g/mol. The van der Waals surface area contributed by atoms with E-state index in [1.807, 2.05) is 60.7 Å². The number of aromatic nitrogens is 1. The summed E-state index contributed by atoms with van der Waals surface area (Å²) >= 11 is 0.998. The van der Waals surface area contributed by atoms with Crippen molar-refractivity contribution in [1.29, 1.82) is 0 Å². The average Bonchev–Trinajstić information content (AvgIpc) is 3.22. The molecule has 0 radical (unpaired) electrons. The van der Waals surface area contributed by atoms with Crippen LogP contribution in [0, 0.1) is 0 Å². The van der Waals surface area contributed by atoms with Crippen molar-refractivity contribution in [2.45, 2.75) is 18.0 Å². The van der Waals surface area contributed by atoms with Gasteiger partial charge in [-0.15, -0.1) is 0 Å². The average molecular weight is 530 g/mol. The number of benzene rings is 4. The molecule has 1 amide bonds. The first kappa shape index (κ1) is 24.5. The lowest BCUT2D eigenvalue weighted by Gasteiger charge is -2.13. The maximum absolute atomic E-state index is 13.3. The summed E-state index contributed by atoms with van der Waals surface area (Å²) in [5.41, 5.74) is 2.95. The normalized spacial score (nSPS) is 11.4. The van der Waals surface area contributed by atoms with E-state index in [1.54, 1.807) is 34.9 Å². The first-order valence-corrected chi connectivity index (χ1v) is 13.8. The van der Waals surface area contributed by atoms with Crippen LogP contribution in [0.1, 0.15) is 21.5 Å². The lowest BCUT2D eigenvalue weighted by molar-refractivity contribution is 0.0952. The zero-order valence-electron chi connectivity index (χ0n) is 19.6. The molecule has 5 rings (SSSR count). The number of carbonyl (C=O) groups excluding carboxylic acids is 1. The number of thiazole rings is 1. The third-order valence-electron chi connectivity index (χ3n) is 5.85. The smallest absolute Gasteiger partial charge is 0.308 e. The third kappa shape index (κ3) is 5.47. The van der Waals surface area contributed by atoms with Crippen LogP contribution < -0.4 is 14.9 Å². The van der Waals surface area contributed by atoms with Crippen molar-refractivity contribution in [2.24, 2.45) is 0 Å². The summed E-state index contributed by atoms with van der Waals surface area (Å²) in [4.78, 5) is 25.3. The number of nitrogens with zero attached hydrogens (tertiary/aromatic N) is 1. The highest BCUT2D eigenvalue weighted by Crippen LogP contribution is 2.25. The fourth-order valence-corrected chi connectivity index (χ4v) is 6.09. The van der Waals surface area contributed by atoms with Crippen molar-refractivity contribution in [3.63, 3.8) is 0 Å². The Kier molecular flexibility index (Phi) is 6.89. The minimum Gasteiger partial charge on any atom is -0.348 e. The molecule has 0 saturated carbocycles. The van der Waals surface area contributed by atoms with Crippen molar-refractivity contribution < 1.29 is 13.2 Å². The largest absolute Gasteiger partial charge is 0.348 e. The molecule has 0 bridgehead atoms. The summed E-state index contributed by atoms with van der Waals surface area (Å²) in [7, 11) is -4.03. The molecule has 2 N–H and O–H groups in total. The molecule has 1 aromatic heterocycles. The lowest BCUT2D eigenvalue weighted by atomic mass is 10.1. The fraction of sp³-hybridized carbons (Fsp3) is 0.0714. The first-order chi connectivity index (χ1) is 17.9. The molecule has 1 heterocycles. The van der Waals surface area contributed by atoms with E-state index in [0.717, 1.165) is 22.5 Å². The van der Waals surface area contributed by atoms with E-state index < -0.39 is 15.9 Å². The number of fused-ring (bicyclic) bond motifs is 1. The lowest BCUT2D eigenvalue weighted by Crippen LogP contribution is -2.25. The van der Waals surface area contributed by atoms with Gasteiger partial charge in [-0.2, -0.15) is 0 Å². The third-order valence-corrected chi connectivity index (χ3v) is 8.15. The molecule has 4 aromatic carbocycles. The Morgan fingerprint density at radius 1 is 0.811 bits per heavy atom. The second kappa shape index (κ2) is 10.4. The number of hydrogen-bond donors (Lipinski definition) is 2. The SMILES string of the molecule is O=C(NCc1ccccc1)c1ccccc1NS(=O)(=O)c1ccc2c(c1)sc(=O)n2Cc1ccccc1. The van der Waals surface area contributed by atoms with Gasteiger partial charge in [-0.05, 0) is 41.5 Å². The van der Waals surface area contributed by atoms with Gasteiger partial charge in [0.05, 0.1) is 32.9 Å². The van der Waals surface area contributed by atoms with E-state index in [4.69, 9.17) is 0 Å². The second-order valence-corrected chi connectivity index (χ2v) is 11.1. The van der Waals surface area contributed by atoms with E-state index >= 15 is 0 Å². The van der Waals surface area contributed by atoms with Crippen molar-refractivity contribution >= 4 is 43.2 Å². The number of amides is 1. The Morgan fingerprint density at radius 3 is 2.19 bits per heavy atom. The van der Waals surface area contributed by atoms with Crippen LogP contribution in [0.2, 0.25) is 0 Å². The summed E-state index contributed by atoms with van der Waals surface area (Å²) < 4.78 is 31.3. The molecule has 0 spiro atoms. The van der Waals surface area contributed by atoms with Crippen molar-refractivity contribution in [2.75, 3.05) is 4.72 Å². The predicted octanol–water partition coefficient (Wildman–Crippen LogP) is 4.84. The van der Waals surface area contributed by atoms with Crippen LogP contribution >= 0.6 is 11.3 Å². The van der Waals surface area contributed by atoms with Gasteiger partial charge < -0.3 is 5.32 Å². The Hall–Kier alpha value is -4.21. The summed E-state index contributed by atoms with van der Waals surface area (Å²) in [6, 6.07) is 30.1. The molecule has 0 aliphatic carbocycles. The number of hydrogen-bond acceptors (Lipinski definition) is 5. The maximum atomic E-state index is 13.3. The van der Waals surface area contributed by atoms with Gasteiger partial charge in [0.2, 0.25) is 0 Å². The van der Waals surface area contributed by atoms with Gasteiger partial charge in [0.1, 0.15) is 0 Å². The van der Waals surface area contributed by atoms with Gasteiger partial charge >= 0.3 is 4.87 Å². The van der Waals surface area contributed by atoms with E-state index in [2.05, 4.69) is 10.0 Å². The number of para-hydroxylation sites is 1. The molecule has 0 aliphatic rings. The molecular formula is C28H23N3O4S2. The zero-order chi connectivity index (χ0) is 25.8. The standard InChI is InChI=1S/C28H23N3O4S2/c32-27(29-18-20-9-3-1-4-10-20)23-13-7-8-14-24(23)30-37(34,35)22-15-16-25-26(17-22)36-28(33)31(25)19-21-11-5-2-6-12-21/h1-17,30H,18-19H2,(H,29,32). The number of carbonyl (C=O) groups is 1. The number of nitrogens with one attached hydrogen (secondary N) is 2. The molecule has 0 fully saturated rings. The summed E-state index contributed by atoms with van der Waals surface area (Å²) in [5, 5.41) is 2.82. The van der Waals surface area contributed by atoms with Gasteiger partial charge in [-0.1, -0.05) is 84.1 Å². The van der Waals surface area contributed by atoms with Crippen LogP contribution in [0.5, 0.6) is 0 Å². The Bertz CT molecular complexity index is 1730. The topological polar surface area (TPSA) is 97.3 Å². The van der Waals surface area contributed by atoms with Gasteiger partial charge in [0.15, 0.2) is 0 Å². The minimum absolute atomic E-state index is 0.00704. The molecule has 9 heteroatoms. The minimum atomic E-state index is -4.03. The van der Waals surface area contributed by atoms with Gasteiger partial charge in [-0.25, -0.2) is 8.42 Å². The molecule has 0 saturated heterocycles. The van der Waals surface area contributed by atoms with E-state index in [-0.39, 0.29) is 21.0 Å². The quantitative estimate of drug-likeness (QED) is 0.301. The molecule has 0 atom stereocenters. The van der Waals surface area contributed by atoms with Crippen LogP contribution in [-0.2, 0) is 23.1 Å². The van der Waals surface area contributed by atoms with Crippen LogP contribution in [0.15, 0.2) is 113 Å².